The van der Waals surface area contributed by atoms with Crippen molar-refractivity contribution in [2.24, 2.45) is 5.41 Å². The quantitative estimate of drug-likeness (QED) is 0.185. The van der Waals surface area contributed by atoms with Gasteiger partial charge in [0.2, 0.25) is 0 Å². The molecule has 0 amide bonds. The average Bonchev–Trinajstić information content (AvgIpc) is 3.54. The minimum absolute atomic E-state index is 0.114. The molecule has 2 unspecified atom stereocenters. The Balaban J connectivity index is 1.47. The van der Waals surface area contributed by atoms with Crippen LogP contribution in [0, 0.1) is 33.1 Å². The molecule has 7 rings (SSSR count). The number of fused-ring (bicyclic) bond motifs is 6. The summed E-state index contributed by atoms with van der Waals surface area (Å²) >= 11 is -3.07. The van der Waals surface area contributed by atoms with Crippen molar-refractivity contribution in [2.45, 2.75) is 71.1 Å². The van der Waals surface area contributed by atoms with Crippen LogP contribution in [0.1, 0.15) is 78.5 Å². The molecule has 0 N–H and O–H groups in total. The predicted molar refractivity (Wildman–Crippen MR) is 179 cm³/mol. The first-order valence-electron chi connectivity index (χ1n) is 16.0. The molecule has 0 spiro atoms. The number of hydrogen-bond donors (Lipinski definition) is 0. The SMILES string of the molecule is CCC1(CC)C2=Cc3c(-c4cc(C)cc(C)c4)cccc3[CH]2[Hf]([CH3])([CH3])[CH]2C1=Cc1c(-c3cc(C)cc(C)c3)cccc12. The second-order valence-electron chi connectivity index (χ2n) is 14.0. The Labute approximate surface area is 257 Å². The van der Waals surface area contributed by atoms with Gasteiger partial charge in [-0.3, -0.25) is 0 Å². The van der Waals surface area contributed by atoms with Gasteiger partial charge in [0.15, 0.2) is 0 Å². The van der Waals surface area contributed by atoms with Gasteiger partial charge in [0.25, 0.3) is 0 Å². The minimum atomic E-state index is -3.07. The van der Waals surface area contributed by atoms with Crippen LogP contribution in [-0.4, -0.2) is 0 Å². The van der Waals surface area contributed by atoms with Gasteiger partial charge in [-0.15, -0.1) is 0 Å². The van der Waals surface area contributed by atoms with Gasteiger partial charge in [-0.1, -0.05) is 0 Å². The predicted octanol–water partition coefficient (Wildman–Crippen LogP) is 11.9. The van der Waals surface area contributed by atoms with Gasteiger partial charge >= 0.3 is 259 Å². The van der Waals surface area contributed by atoms with E-state index in [2.05, 4.69) is 136 Å². The van der Waals surface area contributed by atoms with E-state index in [-0.39, 0.29) is 5.41 Å². The zero-order valence-corrected chi connectivity index (χ0v) is 30.2. The summed E-state index contributed by atoms with van der Waals surface area (Å²) in [6, 6.07) is 28.5. The number of hydrogen-bond acceptors (Lipinski definition) is 0. The third-order valence-corrected chi connectivity index (χ3v) is 26.2. The van der Waals surface area contributed by atoms with Crippen LogP contribution >= 0.6 is 0 Å². The first-order chi connectivity index (χ1) is 20.1. The molecule has 1 heterocycles. The van der Waals surface area contributed by atoms with E-state index in [1.807, 2.05) is 0 Å². The Bertz CT molecular complexity index is 1650. The zero-order chi connectivity index (χ0) is 29.6. The molecule has 4 aromatic carbocycles. The van der Waals surface area contributed by atoms with Crippen molar-refractivity contribution in [1.82, 2.24) is 0 Å². The molecule has 3 aliphatic rings. The number of benzene rings is 4. The zero-order valence-electron chi connectivity index (χ0n) is 26.7. The summed E-state index contributed by atoms with van der Waals surface area (Å²) < 4.78 is 6.79. The van der Waals surface area contributed by atoms with Crippen LogP contribution in [0.25, 0.3) is 34.4 Å². The van der Waals surface area contributed by atoms with Crippen LogP contribution in [0.2, 0.25) is 9.36 Å². The van der Waals surface area contributed by atoms with E-state index in [0.29, 0.717) is 7.35 Å². The average molecular weight is 715 g/mol. The Kier molecular flexibility index (Phi) is 6.59. The Morgan fingerprint density at radius 2 is 0.952 bits per heavy atom. The van der Waals surface area contributed by atoms with Crippen molar-refractivity contribution in [3.8, 4) is 22.3 Å². The summed E-state index contributed by atoms with van der Waals surface area (Å²) in [6.45, 7) is 13.8. The monoisotopic (exact) mass is 716 g/mol. The molecule has 212 valence electrons. The fourth-order valence-corrected chi connectivity index (χ4v) is 26.5. The fraction of sp³-hybridized carbons (Fsp3) is 0.317. The molecule has 1 saturated heterocycles. The molecular weight excluding hydrogens is 671 g/mol. The molecular formula is C41H44Hf. The summed E-state index contributed by atoms with van der Waals surface area (Å²) in [4.78, 5) is 0. The van der Waals surface area contributed by atoms with Crippen LogP contribution < -0.4 is 0 Å². The summed E-state index contributed by atoms with van der Waals surface area (Å²) in [5, 5.41) is 0. The molecule has 1 fully saturated rings. The second-order valence-corrected chi connectivity index (χ2v) is 31.3. The first kappa shape index (κ1) is 28.0. The number of allylic oxidation sites excluding steroid dienone is 2. The van der Waals surface area contributed by atoms with E-state index in [0.717, 1.165) is 12.8 Å². The molecule has 42 heavy (non-hydrogen) atoms. The molecule has 0 aromatic heterocycles. The number of aryl methyl sites for hydroxylation is 4. The van der Waals surface area contributed by atoms with Crippen molar-refractivity contribution in [3.63, 3.8) is 0 Å². The van der Waals surface area contributed by atoms with Crippen molar-refractivity contribution in [3.05, 3.63) is 128 Å². The first-order valence-corrected chi connectivity index (χ1v) is 27.3. The van der Waals surface area contributed by atoms with Crippen LogP contribution in [0.4, 0.5) is 0 Å². The maximum absolute atomic E-state index is 3.07. The van der Waals surface area contributed by atoms with Gasteiger partial charge in [0, 0.05) is 0 Å². The van der Waals surface area contributed by atoms with Gasteiger partial charge in [0.05, 0.1) is 0 Å². The van der Waals surface area contributed by atoms with Crippen molar-refractivity contribution in [1.29, 1.82) is 0 Å². The van der Waals surface area contributed by atoms with Crippen LogP contribution in [0.5, 0.6) is 0 Å². The molecule has 0 nitrogen and oxygen atoms in total. The third kappa shape index (κ3) is 3.95. The summed E-state index contributed by atoms with van der Waals surface area (Å²) in [5.41, 5.74) is 20.8. The standard InChI is InChI=1S/C39H38.2CH3.Hf/c1-7-39(8-2,33-21-29-11-9-13-35(37(29)23-33)31-17-25(3)15-26(4)18-31)34-22-30-12-10-14-36(38(30)24-34)32-19-27(5)16-28(6)20-32;;;/h9-24H,7-8H2,1-6H3;2*1H3;. The van der Waals surface area contributed by atoms with E-state index in [1.165, 1.54) is 55.6 Å². The van der Waals surface area contributed by atoms with Crippen molar-refractivity contribution < 1.29 is 20.0 Å². The molecule has 1 aliphatic heterocycles. The third-order valence-electron chi connectivity index (χ3n) is 11.0. The van der Waals surface area contributed by atoms with E-state index in [1.54, 1.807) is 22.3 Å². The van der Waals surface area contributed by atoms with Gasteiger partial charge in [-0.05, 0) is 0 Å². The van der Waals surface area contributed by atoms with E-state index < -0.39 is 20.0 Å². The summed E-state index contributed by atoms with van der Waals surface area (Å²) in [7, 11) is 0. The topological polar surface area (TPSA) is 0 Å². The van der Waals surface area contributed by atoms with E-state index in [9.17, 15) is 0 Å². The fourth-order valence-electron chi connectivity index (χ4n) is 9.40. The molecule has 0 bridgehead atoms. The van der Waals surface area contributed by atoms with E-state index >= 15 is 0 Å². The van der Waals surface area contributed by atoms with Crippen molar-refractivity contribution >= 4 is 12.2 Å². The molecule has 2 aliphatic carbocycles. The van der Waals surface area contributed by atoms with Crippen LogP contribution in [0.3, 0.4) is 0 Å². The van der Waals surface area contributed by atoms with Crippen molar-refractivity contribution in [2.75, 3.05) is 0 Å². The van der Waals surface area contributed by atoms with Gasteiger partial charge in [-0.25, -0.2) is 0 Å². The Hall–Kier alpha value is -2.77. The van der Waals surface area contributed by atoms with Crippen LogP contribution in [0.15, 0.2) is 83.9 Å². The molecule has 2 atom stereocenters. The molecule has 1 heteroatoms. The summed E-state index contributed by atoms with van der Waals surface area (Å²) in [5.74, 6) is 0. The second kappa shape index (κ2) is 9.88. The van der Waals surface area contributed by atoms with Gasteiger partial charge in [-0.2, -0.15) is 0 Å². The van der Waals surface area contributed by atoms with Crippen LogP contribution in [-0.2, 0) is 20.0 Å². The maximum atomic E-state index is 2.77. The number of rotatable bonds is 4. The van der Waals surface area contributed by atoms with Gasteiger partial charge < -0.3 is 0 Å². The molecule has 4 aromatic rings. The molecule has 0 saturated carbocycles. The molecule has 0 radical (unpaired) electrons. The Morgan fingerprint density at radius 1 is 0.571 bits per heavy atom. The van der Waals surface area contributed by atoms with E-state index in [4.69, 9.17) is 0 Å². The normalized spacial score (nSPS) is 20.8. The Morgan fingerprint density at radius 3 is 1.31 bits per heavy atom. The summed E-state index contributed by atoms with van der Waals surface area (Å²) in [6.07, 6.45) is 7.70. The van der Waals surface area contributed by atoms with Gasteiger partial charge in [0.1, 0.15) is 0 Å².